The first kappa shape index (κ1) is 30.1. The summed E-state index contributed by atoms with van der Waals surface area (Å²) in [5, 5.41) is 9.19. The zero-order chi connectivity index (χ0) is 24.1. The molecule has 0 saturated heterocycles. The van der Waals surface area contributed by atoms with E-state index in [9.17, 15) is 14.4 Å². The second kappa shape index (κ2) is 16.6. The molecule has 0 saturated carbocycles. The molecular formula is C26H40FN3O3S. The molecule has 34 heavy (non-hydrogen) atoms. The Balaban J connectivity index is 0.00000578. The minimum Gasteiger partial charge on any atom is -0.377 e. The van der Waals surface area contributed by atoms with E-state index < -0.39 is 11.8 Å². The van der Waals surface area contributed by atoms with E-state index in [2.05, 4.69) is 41.1 Å². The van der Waals surface area contributed by atoms with Gasteiger partial charge in [0, 0.05) is 26.1 Å². The van der Waals surface area contributed by atoms with Gasteiger partial charge in [-0.2, -0.15) is 13.5 Å². The van der Waals surface area contributed by atoms with Crippen molar-refractivity contribution in [3.05, 3.63) is 71.5 Å². The summed E-state index contributed by atoms with van der Waals surface area (Å²) in [5.41, 5.74) is 3.96. The number of methoxy groups -OCH3 is 1. The third-order valence-electron chi connectivity index (χ3n) is 6.08. The zero-order valence-electron chi connectivity index (χ0n) is 20.5. The normalized spacial score (nSPS) is 12.9. The molecule has 2 atom stereocenters. The van der Waals surface area contributed by atoms with Gasteiger partial charge in [0.15, 0.2) is 0 Å². The molecule has 8 heteroatoms. The van der Waals surface area contributed by atoms with E-state index in [1.54, 1.807) is 24.7 Å². The number of aryl methyl sites for hydroxylation is 1. The number of likely N-dealkylation sites (N-methyl/N-ethyl adjacent to an activating group) is 2. The summed E-state index contributed by atoms with van der Waals surface area (Å²) >= 11 is 0. The van der Waals surface area contributed by atoms with Crippen LogP contribution in [-0.2, 0) is 16.0 Å². The lowest BCUT2D eigenvalue weighted by atomic mass is 9.93. The number of halogens is 1. The van der Waals surface area contributed by atoms with Crippen LogP contribution in [0.15, 0.2) is 54.6 Å². The number of hydrogen-bond donors (Lipinski definition) is 2. The van der Waals surface area contributed by atoms with E-state index in [1.807, 2.05) is 13.1 Å². The molecule has 2 aromatic carbocycles. The molecule has 2 aromatic rings. The van der Waals surface area contributed by atoms with Gasteiger partial charge in [-0.05, 0) is 76.1 Å². The smallest absolute Gasteiger partial charge is 0.246 e. The van der Waals surface area contributed by atoms with Crippen LogP contribution in [0.3, 0.4) is 0 Å². The maximum atomic E-state index is 13.2. The molecule has 0 radical (unpaired) electrons. The molecule has 0 bridgehead atoms. The number of amides is 1. The number of carbonyl (C=O) groups excluding carboxylic acids is 1. The Morgan fingerprint density at radius 2 is 1.62 bits per heavy atom. The number of ether oxygens (including phenoxy) is 1. The van der Waals surface area contributed by atoms with Gasteiger partial charge >= 0.3 is 0 Å². The van der Waals surface area contributed by atoms with Crippen molar-refractivity contribution in [2.45, 2.75) is 31.8 Å². The molecule has 0 heterocycles. The first-order valence-electron chi connectivity index (χ1n) is 11.6. The third kappa shape index (κ3) is 11.0. The molecule has 0 fully saturated rings. The summed E-state index contributed by atoms with van der Waals surface area (Å²) in [6, 6.07) is 16.6. The summed E-state index contributed by atoms with van der Waals surface area (Å²) < 4.78 is 18.8. The van der Waals surface area contributed by atoms with Crippen LogP contribution in [0.25, 0.3) is 0 Å². The van der Waals surface area contributed by atoms with Gasteiger partial charge in [0.25, 0.3) is 0 Å². The van der Waals surface area contributed by atoms with Crippen LogP contribution in [0.1, 0.15) is 36.5 Å². The van der Waals surface area contributed by atoms with Gasteiger partial charge in [0.05, 0.1) is 6.10 Å². The second-order valence-electron chi connectivity index (χ2n) is 8.67. The molecule has 0 aliphatic heterocycles. The number of benzene rings is 2. The lowest BCUT2D eigenvalue weighted by Gasteiger charge is -2.25. The Morgan fingerprint density at radius 3 is 2.21 bits per heavy atom. The fourth-order valence-corrected chi connectivity index (χ4v) is 3.89. The molecular weight excluding hydrogens is 453 g/mol. The van der Waals surface area contributed by atoms with Crippen molar-refractivity contribution < 1.29 is 19.1 Å². The van der Waals surface area contributed by atoms with Crippen molar-refractivity contribution in [3.63, 3.8) is 0 Å². The minimum absolute atomic E-state index is 0. The van der Waals surface area contributed by atoms with Crippen LogP contribution in [0.2, 0.25) is 0 Å². The lowest BCUT2D eigenvalue weighted by Crippen LogP contribution is -2.35. The highest BCUT2D eigenvalue weighted by Gasteiger charge is 2.24. The maximum Gasteiger partial charge on any atom is 0.246 e. The van der Waals surface area contributed by atoms with E-state index in [4.69, 9.17) is 4.74 Å². The molecule has 190 valence electrons. The van der Waals surface area contributed by atoms with Gasteiger partial charge in [0.2, 0.25) is 5.91 Å². The summed E-state index contributed by atoms with van der Waals surface area (Å²) in [4.78, 5) is 16.8. The van der Waals surface area contributed by atoms with E-state index in [0.717, 1.165) is 44.6 Å². The van der Waals surface area contributed by atoms with Crippen molar-refractivity contribution in [2.75, 3.05) is 47.4 Å². The van der Waals surface area contributed by atoms with Gasteiger partial charge in [-0.1, -0.05) is 42.5 Å². The average Bonchev–Trinajstić information content (AvgIpc) is 2.84. The van der Waals surface area contributed by atoms with Gasteiger partial charge in [-0.3, -0.25) is 10.0 Å². The summed E-state index contributed by atoms with van der Waals surface area (Å²) in [5.74, 6) is -1.16. The first-order valence-corrected chi connectivity index (χ1v) is 11.6. The first-order chi connectivity index (χ1) is 15.9. The van der Waals surface area contributed by atoms with E-state index in [-0.39, 0.29) is 25.4 Å². The Hall–Kier alpha value is -1.97. The zero-order valence-corrected chi connectivity index (χ0v) is 21.5. The number of carbonyl (C=O) groups is 1. The molecule has 2 N–H and O–H groups in total. The predicted octanol–water partition coefficient (Wildman–Crippen LogP) is 4.02. The molecule has 0 aliphatic rings. The summed E-state index contributed by atoms with van der Waals surface area (Å²) in [6.07, 6.45) is 2.83. The molecule has 1 amide bonds. The highest BCUT2D eigenvalue weighted by molar-refractivity contribution is 7.59. The lowest BCUT2D eigenvalue weighted by molar-refractivity contribution is -0.135. The fraction of sp³-hybridized carbons (Fsp3) is 0.500. The molecule has 6 nitrogen and oxygen atoms in total. The highest BCUT2D eigenvalue weighted by atomic mass is 32.1. The topological polar surface area (TPSA) is 65.0 Å². The SMILES string of the molecule is CO[C@H](C[C@H](CCN(C)CCN(C)CCCc1ccccc1)C(=O)NO)c1ccc(F)cc1.S. The van der Waals surface area contributed by atoms with Crippen LogP contribution in [0, 0.1) is 11.7 Å². The third-order valence-corrected chi connectivity index (χ3v) is 6.08. The molecule has 0 unspecified atom stereocenters. The summed E-state index contributed by atoms with van der Waals surface area (Å²) in [6.45, 7) is 3.58. The highest BCUT2D eigenvalue weighted by Crippen LogP contribution is 2.27. The van der Waals surface area contributed by atoms with Gasteiger partial charge < -0.3 is 14.5 Å². The number of nitrogens with one attached hydrogen (secondary N) is 1. The Morgan fingerprint density at radius 1 is 1.00 bits per heavy atom. The van der Waals surface area contributed by atoms with E-state index >= 15 is 0 Å². The Kier molecular flexibility index (Phi) is 14.7. The standard InChI is InChI=1S/C26H38FN3O3.H2S/c1-29(16-7-10-21-8-5-4-6-9-21)18-19-30(2)17-15-23(26(31)28-32)20-25(33-3)22-11-13-24(27)14-12-22;/h4-6,8-9,11-14,23,25,32H,7,10,15-20H2,1-3H3,(H,28,31);1H2/t23-,25+;/m0./s1. The number of rotatable bonds is 15. The maximum absolute atomic E-state index is 13.2. The van der Waals surface area contributed by atoms with Crippen LogP contribution in [-0.4, -0.2) is 68.3 Å². The van der Waals surface area contributed by atoms with Crippen molar-refractivity contribution >= 4 is 19.4 Å². The Bertz CT molecular complexity index is 811. The minimum atomic E-state index is -0.425. The second-order valence-corrected chi connectivity index (χ2v) is 8.67. The number of hydrogen-bond acceptors (Lipinski definition) is 5. The van der Waals surface area contributed by atoms with Crippen molar-refractivity contribution in [2.24, 2.45) is 5.92 Å². The van der Waals surface area contributed by atoms with Crippen LogP contribution < -0.4 is 5.48 Å². The van der Waals surface area contributed by atoms with Crippen molar-refractivity contribution in [3.8, 4) is 0 Å². The predicted molar refractivity (Wildman–Crippen MR) is 139 cm³/mol. The van der Waals surface area contributed by atoms with Gasteiger partial charge in [-0.15, -0.1) is 0 Å². The van der Waals surface area contributed by atoms with Crippen molar-refractivity contribution in [1.82, 2.24) is 15.3 Å². The van der Waals surface area contributed by atoms with Crippen LogP contribution in [0.4, 0.5) is 4.39 Å². The average molecular weight is 494 g/mol. The van der Waals surface area contributed by atoms with Crippen molar-refractivity contribution in [1.29, 1.82) is 0 Å². The monoisotopic (exact) mass is 493 g/mol. The van der Waals surface area contributed by atoms with E-state index in [0.29, 0.717) is 12.8 Å². The molecule has 0 aromatic heterocycles. The quantitative estimate of drug-likeness (QED) is 0.290. The molecule has 0 spiro atoms. The van der Waals surface area contributed by atoms with Gasteiger partial charge in [-0.25, -0.2) is 9.87 Å². The summed E-state index contributed by atoms with van der Waals surface area (Å²) in [7, 11) is 5.74. The number of hydroxylamine groups is 1. The molecule has 2 rings (SSSR count). The van der Waals surface area contributed by atoms with Crippen LogP contribution >= 0.6 is 13.5 Å². The van der Waals surface area contributed by atoms with Crippen LogP contribution in [0.5, 0.6) is 0 Å². The van der Waals surface area contributed by atoms with Gasteiger partial charge in [0.1, 0.15) is 5.82 Å². The fourth-order valence-electron chi connectivity index (χ4n) is 3.89. The largest absolute Gasteiger partial charge is 0.377 e. The number of nitrogens with zero attached hydrogens (tertiary/aromatic N) is 2. The van der Waals surface area contributed by atoms with E-state index in [1.165, 1.54) is 17.7 Å². The molecule has 0 aliphatic carbocycles. The Labute approximate surface area is 210 Å².